The Bertz CT molecular complexity index is 1540. The first-order valence-corrected chi connectivity index (χ1v) is 21.5. The number of ether oxygens (including phenoxy) is 2. The van der Waals surface area contributed by atoms with Crippen LogP contribution in [0.4, 0.5) is 0 Å². The van der Waals surface area contributed by atoms with E-state index in [1.54, 1.807) is 28.2 Å². The number of rotatable bonds is 20. The molecule has 0 radical (unpaired) electrons. The van der Waals surface area contributed by atoms with Crippen LogP contribution < -0.4 is 16.0 Å². The van der Waals surface area contributed by atoms with Crippen molar-refractivity contribution in [3.8, 4) is 0 Å². The molecule has 1 aromatic carbocycles. The molecule has 0 bridgehead atoms. The number of carbonyl (C=O) groups excluding carboxylic acids is 5. The zero-order valence-electron chi connectivity index (χ0n) is 36.9. The number of hydroxylamine groups is 2. The minimum Gasteiger partial charge on any atom is -0.379 e. The maximum absolute atomic E-state index is 14.4. The first-order valence-electron chi connectivity index (χ1n) is 21.5. The SMILES string of the molecule is CC[C@H](C)[C@@H]([C@@H](CC(=O)N1CCC[C@H]1[C@H](OC)[C@@H](C)C(=O)N[C@@]1(C(=O)N2CCCCO2)C[C@H]1c1ccccc1)OC)N(C)[C@H](C(=O)NC(=O)[C@@H](NC)C(C)C)C(C)C. The fraction of sp³-hybridized carbons (Fsp3) is 0.750. The Balaban J connectivity index is 1.51. The maximum Gasteiger partial charge on any atom is 0.272 e. The highest BCUT2D eigenvalue weighted by atomic mass is 16.7. The number of imide groups is 1. The van der Waals surface area contributed by atoms with Gasteiger partial charge in [0, 0.05) is 39.3 Å². The summed E-state index contributed by atoms with van der Waals surface area (Å²) < 4.78 is 12.2. The maximum atomic E-state index is 14.4. The molecule has 0 unspecified atom stereocenters. The molecule has 2 saturated heterocycles. The molecule has 326 valence electrons. The second-order valence-corrected chi connectivity index (χ2v) is 17.4. The number of carbonyl (C=O) groups is 5. The van der Waals surface area contributed by atoms with Crippen LogP contribution in [0.2, 0.25) is 0 Å². The number of nitrogens with one attached hydrogen (secondary N) is 3. The average molecular weight is 813 g/mol. The third-order valence-corrected chi connectivity index (χ3v) is 12.9. The molecule has 3 aliphatic rings. The quantitative estimate of drug-likeness (QED) is 0.177. The fourth-order valence-corrected chi connectivity index (χ4v) is 9.47. The van der Waals surface area contributed by atoms with Crippen LogP contribution in [-0.2, 0) is 38.3 Å². The number of benzene rings is 1. The summed E-state index contributed by atoms with van der Waals surface area (Å²) in [7, 11) is 6.73. The van der Waals surface area contributed by atoms with Crippen LogP contribution in [-0.4, -0.2) is 134 Å². The van der Waals surface area contributed by atoms with Crippen molar-refractivity contribution in [1.29, 1.82) is 0 Å². The van der Waals surface area contributed by atoms with Gasteiger partial charge in [0.05, 0.1) is 49.3 Å². The van der Waals surface area contributed by atoms with E-state index in [0.717, 1.165) is 31.2 Å². The van der Waals surface area contributed by atoms with Crippen LogP contribution >= 0.6 is 0 Å². The molecule has 14 heteroatoms. The third-order valence-electron chi connectivity index (χ3n) is 12.9. The molecule has 3 fully saturated rings. The van der Waals surface area contributed by atoms with Gasteiger partial charge in [0.1, 0.15) is 5.54 Å². The van der Waals surface area contributed by atoms with Gasteiger partial charge in [-0.3, -0.25) is 39.0 Å². The van der Waals surface area contributed by atoms with Crippen molar-refractivity contribution in [3.63, 3.8) is 0 Å². The van der Waals surface area contributed by atoms with Gasteiger partial charge in [0.25, 0.3) is 5.91 Å². The van der Waals surface area contributed by atoms with E-state index in [2.05, 4.69) is 29.8 Å². The van der Waals surface area contributed by atoms with Crippen molar-refractivity contribution in [2.45, 2.75) is 141 Å². The second-order valence-electron chi connectivity index (χ2n) is 17.4. The summed E-state index contributed by atoms with van der Waals surface area (Å²) in [4.78, 5) is 79.2. The summed E-state index contributed by atoms with van der Waals surface area (Å²) in [6.07, 6.45) is 3.19. The smallest absolute Gasteiger partial charge is 0.272 e. The molecule has 2 heterocycles. The minimum absolute atomic E-state index is 0.0140. The lowest BCUT2D eigenvalue weighted by Gasteiger charge is -2.43. The Kier molecular flexibility index (Phi) is 17.3. The Hall–Kier alpha value is -3.43. The van der Waals surface area contributed by atoms with Crippen LogP contribution in [0.3, 0.4) is 0 Å². The molecule has 0 spiro atoms. The Labute approximate surface area is 346 Å². The standard InChI is InChI=1S/C44H72N6O8/c1-12-29(6)38(48(9)37(28(4)5)42(54)46-41(53)36(45-8)27(2)3)34(56-10)25-35(51)49-22-18-21-33(49)39(57-11)30(7)40(52)47-44(43(55)50-23-16-17-24-58-50)26-32(44)31-19-14-13-15-20-31/h13-15,19-20,27-30,32-34,36-39,45H,12,16-18,21-26H2,1-11H3,(H,47,52)(H,46,53,54)/t29-,30+,32-,33-,34+,36-,37-,38-,39+,44-/m0/s1. The number of likely N-dealkylation sites (N-methyl/N-ethyl adjacent to an activating group) is 2. The normalized spacial score (nSPS) is 24.5. The summed E-state index contributed by atoms with van der Waals surface area (Å²) in [5.41, 5.74) is -0.148. The van der Waals surface area contributed by atoms with Crippen molar-refractivity contribution in [3.05, 3.63) is 35.9 Å². The summed E-state index contributed by atoms with van der Waals surface area (Å²) in [5.74, 6) is -2.44. The summed E-state index contributed by atoms with van der Waals surface area (Å²) >= 11 is 0. The predicted molar refractivity (Wildman–Crippen MR) is 222 cm³/mol. The molecule has 3 N–H and O–H groups in total. The van der Waals surface area contributed by atoms with Gasteiger partial charge in [0.15, 0.2) is 0 Å². The van der Waals surface area contributed by atoms with E-state index in [-0.39, 0.29) is 71.7 Å². The Morgan fingerprint density at radius 3 is 2.16 bits per heavy atom. The zero-order valence-corrected chi connectivity index (χ0v) is 36.9. The minimum atomic E-state index is -1.13. The largest absolute Gasteiger partial charge is 0.379 e. The number of nitrogens with zero attached hydrogens (tertiary/aromatic N) is 3. The highest BCUT2D eigenvalue weighted by Gasteiger charge is 2.64. The molecular formula is C44H72N6O8. The van der Waals surface area contributed by atoms with Crippen LogP contribution in [0.1, 0.15) is 105 Å². The van der Waals surface area contributed by atoms with E-state index >= 15 is 0 Å². The van der Waals surface area contributed by atoms with Gasteiger partial charge in [-0.05, 0) is 69.5 Å². The molecule has 14 nitrogen and oxygen atoms in total. The van der Waals surface area contributed by atoms with E-state index in [9.17, 15) is 24.0 Å². The number of methoxy groups -OCH3 is 2. The highest BCUT2D eigenvalue weighted by Crippen LogP contribution is 2.53. The lowest BCUT2D eigenvalue weighted by atomic mass is 9.87. The first kappa shape index (κ1) is 47.3. The number of hydrogen-bond acceptors (Lipinski definition) is 10. The second kappa shape index (κ2) is 21.2. The van der Waals surface area contributed by atoms with E-state index < -0.39 is 35.7 Å². The number of likely N-dealkylation sites (tertiary alicyclic amines) is 1. The lowest BCUT2D eigenvalue weighted by Crippen LogP contribution is -2.60. The van der Waals surface area contributed by atoms with E-state index in [0.29, 0.717) is 32.5 Å². The van der Waals surface area contributed by atoms with Crippen LogP contribution in [0.15, 0.2) is 30.3 Å². The van der Waals surface area contributed by atoms with Gasteiger partial charge in [-0.25, -0.2) is 5.06 Å². The molecule has 1 aromatic rings. The van der Waals surface area contributed by atoms with Crippen molar-refractivity contribution < 1.29 is 38.3 Å². The van der Waals surface area contributed by atoms with Gasteiger partial charge < -0.3 is 25.0 Å². The summed E-state index contributed by atoms with van der Waals surface area (Å²) in [6, 6.07) is 7.86. The molecule has 1 saturated carbocycles. The van der Waals surface area contributed by atoms with Crippen molar-refractivity contribution in [2.75, 3.05) is 48.0 Å². The summed E-state index contributed by atoms with van der Waals surface area (Å²) in [5, 5.41) is 10.2. The topological polar surface area (TPSA) is 159 Å². The van der Waals surface area contributed by atoms with E-state index in [4.69, 9.17) is 14.3 Å². The lowest BCUT2D eigenvalue weighted by molar-refractivity contribution is -0.200. The van der Waals surface area contributed by atoms with Crippen molar-refractivity contribution in [1.82, 2.24) is 30.8 Å². The Morgan fingerprint density at radius 2 is 1.60 bits per heavy atom. The van der Waals surface area contributed by atoms with E-state index in [1.165, 1.54) is 5.06 Å². The van der Waals surface area contributed by atoms with E-state index in [1.807, 2.05) is 74.9 Å². The van der Waals surface area contributed by atoms with Crippen molar-refractivity contribution in [2.24, 2.45) is 23.7 Å². The molecule has 0 aromatic heterocycles. The van der Waals surface area contributed by atoms with Crippen LogP contribution in [0.5, 0.6) is 0 Å². The van der Waals surface area contributed by atoms with Crippen LogP contribution in [0.25, 0.3) is 0 Å². The predicted octanol–water partition coefficient (Wildman–Crippen LogP) is 3.89. The van der Waals surface area contributed by atoms with Gasteiger partial charge >= 0.3 is 0 Å². The van der Waals surface area contributed by atoms with Gasteiger partial charge in [0.2, 0.25) is 23.6 Å². The van der Waals surface area contributed by atoms with Crippen molar-refractivity contribution >= 4 is 29.5 Å². The monoisotopic (exact) mass is 813 g/mol. The van der Waals surface area contributed by atoms with Crippen LogP contribution in [0, 0.1) is 23.7 Å². The molecule has 5 amide bonds. The fourth-order valence-electron chi connectivity index (χ4n) is 9.47. The highest BCUT2D eigenvalue weighted by molar-refractivity contribution is 6.00. The average Bonchev–Trinajstić information content (AvgIpc) is 3.72. The Morgan fingerprint density at radius 1 is 0.914 bits per heavy atom. The van der Waals surface area contributed by atoms with Gasteiger partial charge in [-0.15, -0.1) is 0 Å². The first-order chi connectivity index (χ1) is 27.6. The van der Waals surface area contributed by atoms with Gasteiger partial charge in [-0.2, -0.15) is 0 Å². The summed E-state index contributed by atoms with van der Waals surface area (Å²) in [6.45, 7) is 15.1. The number of hydrogen-bond donors (Lipinski definition) is 3. The molecule has 2 aliphatic heterocycles. The number of amides is 5. The molecular weight excluding hydrogens is 741 g/mol. The third kappa shape index (κ3) is 10.7. The molecule has 1 aliphatic carbocycles. The zero-order chi connectivity index (χ0) is 42.9. The molecule has 10 atom stereocenters. The molecule has 4 rings (SSSR count). The molecule has 58 heavy (non-hydrogen) atoms. The van der Waals surface area contributed by atoms with Gasteiger partial charge in [-0.1, -0.05) is 85.2 Å².